The molecule has 39 heavy (non-hydrogen) atoms. The number of carbonyl (C=O) groups is 1. The molecule has 0 spiro atoms. The summed E-state index contributed by atoms with van der Waals surface area (Å²) < 4.78 is 23.2. The normalized spacial score (nSPS) is 18.8. The number of methoxy groups -OCH3 is 1. The maximum Gasteiger partial charge on any atom is 0.341 e. The molecule has 0 saturated carbocycles. The van der Waals surface area contributed by atoms with Crippen molar-refractivity contribution in [1.29, 1.82) is 0 Å². The summed E-state index contributed by atoms with van der Waals surface area (Å²) in [5, 5.41) is 13.3. The number of hydrogen-bond donors (Lipinski definition) is 2. The van der Waals surface area contributed by atoms with Crippen LogP contribution in [0.15, 0.2) is 71.7 Å². The molecule has 7 nitrogen and oxygen atoms in total. The van der Waals surface area contributed by atoms with Crippen LogP contribution in [-0.2, 0) is 6.54 Å². The zero-order valence-corrected chi connectivity index (χ0v) is 21.7. The number of nitrogens with zero attached hydrogens (tertiary/aromatic N) is 2. The van der Waals surface area contributed by atoms with E-state index in [9.17, 15) is 14.7 Å². The minimum atomic E-state index is -1.35. The van der Waals surface area contributed by atoms with E-state index >= 15 is 4.39 Å². The predicted octanol–water partition coefficient (Wildman–Crippen LogP) is 4.75. The topological polar surface area (TPSA) is 83.8 Å². The predicted molar refractivity (Wildman–Crippen MR) is 149 cm³/mol. The van der Waals surface area contributed by atoms with Gasteiger partial charge in [0.05, 0.1) is 18.0 Å². The van der Waals surface area contributed by atoms with Gasteiger partial charge < -0.3 is 24.6 Å². The molecule has 2 fully saturated rings. The lowest BCUT2D eigenvalue weighted by Crippen LogP contribution is -2.40. The largest absolute Gasteiger partial charge is 0.492 e. The van der Waals surface area contributed by atoms with Gasteiger partial charge in [-0.3, -0.25) is 4.79 Å². The number of rotatable bonds is 6. The molecule has 2 aliphatic rings. The first-order valence-corrected chi connectivity index (χ1v) is 13.2. The lowest BCUT2D eigenvalue weighted by Gasteiger charge is -2.25. The second-order valence-electron chi connectivity index (χ2n) is 10.4. The third kappa shape index (κ3) is 4.55. The molecule has 0 bridgehead atoms. The average molecular weight is 528 g/mol. The van der Waals surface area contributed by atoms with Gasteiger partial charge in [0.1, 0.15) is 11.3 Å². The first-order valence-electron chi connectivity index (χ1n) is 13.2. The minimum absolute atomic E-state index is 0.0105. The SMILES string of the molecule is COc1c(N2C[C@@H]3CCCN[C@@H]3C2)c(F)cc2c(=O)c(C(=O)O)cn(Cc3ccc(-c4ccccc4)cc3)c12. The number of nitrogens with one attached hydrogen (secondary N) is 1. The molecule has 4 aromatic rings. The summed E-state index contributed by atoms with van der Waals surface area (Å²) in [6, 6.07) is 19.4. The highest BCUT2D eigenvalue weighted by molar-refractivity contribution is 5.97. The van der Waals surface area contributed by atoms with Gasteiger partial charge in [0, 0.05) is 31.9 Å². The number of pyridine rings is 1. The van der Waals surface area contributed by atoms with Crippen LogP contribution in [0, 0.1) is 11.7 Å². The molecule has 2 N–H and O–H groups in total. The number of benzene rings is 3. The first-order chi connectivity index (χ1) is 18.9. The van der Waals surface area contributed by atoms with Crippen LogP contribution in [0.5, 0.6) is 5.75 Å². The molecule has 200 valence electrons. The van der Waals surface area contributed by atoms with Crippen LogP contribution in [-0.4, -0.2) is 48.4 Å². The summed E-state index contributed by atoms with van der Waals surface area (Å²) in [5.41, 5.74) is 2.62. The van der Waals surface area contributed by atoms with Crippen LogP contribution in [0.25, 0.3) is 22.0 Å². The number of fused-ring (bicyclic) bond motifs is 2. The Bertz CT molecular complexity index is 1590. The quantitative estimate of drug-likeness (QED) is 0.377. The van der Waals surface area contributed by atoms with Gasteiger partial charge in [0.2, 0.25) is 5.43 Å². The number of ether oxygens (including phenoxy) is 1. The van der Waals surface area contributed by atoms with Crippen LogP contribution in [0.1, 0.15) is 28.8 Å². The van der Waals surface area contributed by atoms with Crippen LogP contribution in [0.2, 0.25) is 0 Å². The maximum atomic E-state index is 15.7. The van der Waals surface area contributed by atoms with E-state index in [1.54, 1.807) is 4.57 Å². The minimum Gasteiger partial charge on any atom is -0.492 e. The number of carboxylic acids is 1. The van der Waals surface area contributed by atoms with Gasteiger partial charge in [-0.25, -0.2) is 9.18 Å². The Kier molecular flexibility index (Phi) is 6.56. The molecule has 2 aliphatic heterocycles. The summed E-state index contributed by atoms with van der Waals surface area (Å²) in [6.45, 7) is 2.56. The maximum absolute atomic E-state index is 15.7. The monoisotopic (exact) mass is 527 g/mol. The van der Waals surface area contributed by atoms with Gasteiger partial charge >= 0.3 is 5.97 Å². The van der Waals surface area contributed by atoms with E-state index < -0.39 is 22.8 Å². The van der Waals surface area contributed by atoms with Gasteiger partial charge in [0.25, 0.3) is 0 Å². The van der Waals surface area contributed by atoms with Crippen molar-refractivity contribution in [2.45, 2.75) is 25.4 Å². The number of aromatic nitrogens is 1. The summed E-state index contributed by atoms with van der Waals surface area (Å²) in [7, 11) is 1.47. The van der Waals surface area contributed by atoms with Crippen molar-refractivity contribution in [1.82, 2.24) is 9.88 Å². The molecule has 6 rings (SSSR count). The van der Waals surface area contributed by atoms with Gasteiger partial charge in [-0.1, -0.05) is 54.6 Å². The van der Waals surface area contributed by atoms with Crippen LogP contribution >= 0.6 is 0 Å². The highest BCUT2D eigenvalue weighted by Gasteiger charge is 2.37. The first kappa shape index (κ1) is 25.1. The number of hydrogen-bond acceptors (Lipinski definition) is 5. The van der Waals surface area contributed by atoms with E-state index in [2.05, 4.69) is 5.32 Å². The third-order valence-corrected chi connectivity index (χ3v) is 8.01. The van der Waals surface area contributed by atoms with Crippen LogP contribution in [0.3, 0.4) is 0 Å². The van der Waals surface area contributed by atoms with E-state index in [1.165, 1.54) is 19.4 Å². The molecular formula is C31H30FN3O4. The van der Waals surface area contributed by atoms with Crippen molar-refractivity contribution in [3.05, 3.63) is 94.0 Å². The summed E-state index contributed by atoms with van der Waals surface area (Å²) >= 11 is 0. The van der Waals surface area contributed by atoms with Gasteiger partial charge in [-0.15, -0.1) is 0 Å². The fourth-order valence-electron chi connectivity index (χ4n) is 6.11. The molecule has 8 heteroatoms. The van der Waals surface area contributed by atoms with E-state index in [0.29, 0.717) is 30.2 Å². The van der Waals surface area contributed by atoms with E-state index in [1.807, 2.05) is 59.5 Å². The molecule has 0 amide bonds. The van der Waals surface area contributed by atoms with E-state index in [0.717, 1.165) is 36.1 Å². The molecular weight excluding hydrogens is 497 g/mol. The Hall–Kier alpha value is -4.17. The number of anilines is 1. The number of halogens is 1. The Morgan fingerprint density at radius 3 is 2.54 bits per heavy atom. The fraction of sp³-hybridized carbons (Fsp3) is 0.290. The lowest BCUT2D eigenvalue weighted by molar-refractivity contribution is 0.0695. The van der Waals surface area contributed by atoms with Crippen LogP contribution < -0.4 is 20.4 Å². The molecule has 0 unspecified atom stereocenters. The number of piperidine rings is 1. The van der Waals surface area contributed by atoms with Crippen LogP contribution in [0.4, 0.5) is 10.1 Å². The second kappa shape index (κ2) is 10.2. The number of carboxylic acid groups (broad SMARTS) is 1. The fourth-order valence-corrected chi connectivity index (χ4v) is 6.11. The van der Waals surface area contributed by atoms with Crippen molar-refractivity contribution in [2.24, 2.45) is 5.92 Å². The Labute approximate surface area is 225 Å². The van der Waals surface area contributed by atoms with Crippen molar-refractivity contribution < 1.29 is 19.0 Å². The second-order valence-corrected chi connectivity index (χ2v) is 10.4. The van der Waals surface area contributed by atoms with E-state index in [4.69, 9.17) is 4.74 Å². The number of aromatic carboxylic acids is 1. The zero-order chi connectivity index (χ0) is 27.1. The Balaban J connectivity index is 1.47. The smallest absolute Gasteiger partial charge is 0.341 e. The highest BCUT2D eigenvalue weighted by atomic mass is 19.1. The highest BCUT2D eigenvalue weighted by Crippen LogP contribution is 2.41. The molecule has 1 aromatic heterocycles. The van der Waals surface area contributed by atoms with Gasteiger partial charge in [-0.2, -0.15) is 0 Å². The summed E-state index contributed by atoms with van der Waals surface area (Å²) in [6.07, 6.45) is 3.51. The molecule has 3 aromatic carbocycles. The lowest BCUT2D eigenvalue weighted by atomic mass is 9.94. The molecule has 0 radical (unpaired) electrons. The van der Waals surface area contributed by atoms with Crippen molar-refractivity contribution in [2.75, 3.05) is 31.6 Å². The molecule has 0 aliphatic carbocycles. The van der Waals surface area contributed by atoms with E-state index in [-0.39, 0.29) is 23.7 Å². The van der Waals surface area contributed by atoms with Gasteiger partial charge in [0.15, 0.2) is 11.6 Å². The Morgan fingerprint density at radius 1 is 1.10 bits per heavy atom. The van der Waals surface area contributed by atoms with Crippen molar-refractivity contribution in [3.8, 4) is 16.9 Å². The van der Waals surface area contributed by atoms with Crippen molar-refractivity contribution in [3.63, 3.8) is 0 Å². The molecule has 2 atom stereocenters. The van der Waals surface area contributed by atoms with Crippen molar-refractivity contribution >= 4 is 22.6 Å². The molecule has 3 heterocycles. The summed E-state index contributed by atoms with van der Waals surface area (Å²) in [4.78, 5) is 27.2. The standard InChI is InChI=1S/C31H30FN3O4/c1-39-30-27-23(14-25(32)28(30)35-16-22-8-5-13-33-26(22)18-35)29(36)24(31(37)38)17-34(27)15-19-9-11-21(12-10-19)20-6-3-2-4-7-20/h2-4,6-7,9-12,14,17,22,26,33H,5,8,13,15-16,18H2,1H3,(H,37,38)/t22-,26+/m0/s1. The zero-order valence-electron chi connectivity index (χ0n) is 21.7. The van der Waals surface area contributed by atoms with Gasteiger partial charge in [-0.05, 0) is 48.1 Å². The Morgan fingerprint density at radius 2 is 1.85 bits per heavy atom. The average Bonchev–Trinajstić information content (AvgIpc) is 3.38. The third-order valence-electron chi connectivity index (χ3n) is 8.01. The molecule has 2 saturated heterocycles. The summed E-state index contributed by atoms with van der Waals surface area (Å²) in [5.74, 6) is -1.28.